The number of benzene rings is 1. The van der Waals surface area contributed by atoms with Crippen LogP contribution in [0.1, 0.15) is 39.2 Å². The lowest BCUT2D eigenvalue weighted by Gasteiger charge is -2.20. The Hall–Kier alpha value is -2.47. The van der Waals surface area contributed by atoms with E-state index in [1.807, 2.05) is 23.7 Å². The lowest BCUT2D eigenvalue weighted by molar-refractivity contribution is -0.121. The van der Waals surface area contributed by atoms with Crippen molar-refractivity contribution in [3.05, 3.63) is 57.2 Å². The number of carbonyl (C=O) groups excluding carboxylic acids is 2. The van der Waals surface area contributed by atoms with Crippen molar-refractivity contribution in [1.29, 1.82) is 0 Å². The Kier molecular flexibility index (Phi) is 4.83. The maximum absolute atomic E-state index is 13.6. The molecule has 0 aliphatic heterocycles. The van der Waals surface area contributed by atoms with Crippen LogP contribution in [0.15, 0.2) is 29.8 Å². The molecule has 1 amide bonds. The lowest BCUT2D eigenvalue weighted by atomic mass is 9.85. The number of hydrogen-bond acceptors (Lipinski definition) is 3. The topological polar surface area (TPSA) is 62.0 Å². The number of ketones is 1. The second kappa shape index (κ2) is 7.27. The Morgan fingerprint density at radius 2 is 2.26 bits per heavy atom. The summed E-state index contributed by atoms with van der Waals surface area (Å²) < 4.78 is 13.6. The molecule has 2 N–H and O–H groups in total. The fourth-order valence-corrected chi connectivity index (χ4v) is 4.65. The van der Waals surface area contributed by atoms with Crippen molar-refractivity contribution in [3.63, 3.8) is 0 Å². The molecule has 3 aromatic rings. The number of H-pyrrole nitrogens is 1. The zero-order valence-electron chi connectivity index (χ0n) is 15.1. The van der Waals surface area contributed by atoms with Crippen LogP contribution in [0.3, 0.4) is 0 Å². The number of halogens is 1. The Balaban J connectivity index is 1.33. The van der Waals surface area contributed by atoms with Crippen molar-refractivity contribution >= 4 is 33.9 Å². The van der Waals surface area contributed by atoms with Crippen molar-refractivity contribution < 1.29 is 14.0 Å². The molecule has 140 valence electrons. The van der Waals surface area contributed by atoms with Gasteiger partial charge in [0.25, 0.3) is 0 Å². The summed E-state index contributed by atoms with van der Waals surface area (Å²) in [6.45, 7) is 2.24. The summed E-state index contributed by atoms with van der Waals surface area (Å²) in [5.74, 6) is -0.433. The molecule has 6 heteroatoms. The smallest absolute Gasteiger partial charge is 0.220 e. The number of hydrogen-bond donors (Lipinski definition) is 2. The highest BCUT2D eigenvalue weighted by atomic mass is 32.1. The van der Waals surface area contributed by atoms with Crippen LogP contribution in [0.2, 0.25) is 0 Å². The minimum atomic E-state index is -0.227. The second-order valence-corrected chi connectivity index (χ2v) is 8.12. The van der Waals surface area contributed by atoms with Gasteiger partial charge < -0.3 is 10.3 Å². The molecule has 0 fully saturated rings. The van der Waals surface area contributed by atoms with Crippen LogP contribution in [-0.4, -0.2) is 23.2 Å². The highest BCUT2D eigenvalue weighted by Gasteiger charge is 2.29. The molecule has 0 radical (unpaired) electrons. The van der Waals surface area contributed by atoms with Crippen LogP contribution in [0, 0.1) is 18.7 Å². The summed E-state index contributed by atoms with van der Waals surface area (Å²) in [6.07, 6.45) is 4.38. The normalized spacial score (nSPS) is 16.5. The zero-order valence-corrected chi connectivity index (χ0v) is 15.9. The number of amides is 1. The standard InChI is InChI=1S/C21H21FN2O2S/c1-12-8-16-14(11-24-18(16)10-17(12)22)4-6-23-20(25)9-13-2-3-19-15(21(13)26)5-7-27-19/h5,7-8,10-11,13,24H,2-4,6,9H2,1H3,(H,23,25). The number of Topliss-reactive ketones (excluding diaryl/α,β-unsaturated/α-hetero) is 1. The number of rotatable bonds is 5. The first-order chi connectivity index (χ1) is 13.0. The molecule has 1 aliphatic carbocycles. The van der Waals surface area contributed by atoms with E-state index in [9.17, 15) is 14.0 Å². The Labute approximate surface area is 160 Å². The van der Waals surface area contributed by atoms with Crippen LogP contribution in [0.5, 0.6) is 0 Å². The van der Waals surface area contributed by atoms with Gasteiger partial charge >= 0.3 is 0 Å². The molecular formula is C21H21FN2O2S. The first-order valence-corrected chi connectivity index (χ1v) is 10.0. The predicted octanol–water partition coefficient (Wildman–Crippen LogP) is 4.17. The molecule has 4 rings (SSSR count). The number of thiophene rings is 1. The van der Waals surface area contributed by atoms with Gasteiger partial charge in [0, 0.05) is 46.4 Å². The minimum absolute atomic E-state index is 0.0888. The van der Waals surface area contributed by atoms with Gasteiger partial charge in [0.15, 0.2) is 5.78 Å². The number of aromatic nitrogens is 1. The third-order valence-electron chi connectivity index (χ3n) is 5.30. The molecule has 1 unspecified atom stereocenters. The third kappa shape index (κ3) is 3.54. The number of nitrogens with one attached hydrogen (secondary N) is 2. The first kappa shape index (κ1) is 17.9. The summed E-state index contributed by atoms with van der Waals surface area (Å²) in [7, 11) is 0. The maximum atomic E-state index is 13.6. The molecular weight excluding hydrogens is 363 g/mol. The Morgan fingerprint density at radius 1 is 1.41 bits per heavy atom. The summed E-state index contributed by atoms with van der Waals surface area (Å²) in [6, 6.07) is 5.20. The second-order valence-electron chi connectivity index (χ2n) is 7.12. The first-order valence-electron chi connectivity index (χ1n) is 9.16. The summed E-state index contributed by atoms with van der Waals surface area (Å²) in [5, 5.41) is 5.85. The van der Waals surface area contributed by atoms with Crippen LogP contribution in [-0.2, 0) is 17.6 Å². The Bertz CT molecular complexity index is 1020. The lowest BCUT2D eigenvalue weighted by Crippen LogP contribution is -2.31. The van der Waals surface area contributed by atoms with Gasteiger partial charge in [0.1, 0.15) is 5.82 Å². The largest absolute Gasteiger partial charge is 0.361 e. The van der Waals surface area contributed by atoms with Gasteiger partial charge in [-0.15, -0.1) is 11.3 Å². The van der Waals surface area contributed by atoms with E-state index in [-0.39, 0.29) is 29.8 Å². The van der Waals surface area contributed by atoms with Crippen molar-refractivity contribution in [2.24, 2.45) is 5.92 Å². The van der Waals surface area contributed by atoms with E-state index in [2.05, 4.69) is 10.3 Å². The molecule has 2 aromatic heterocycles. The fourth-order valence-electron chi connectivity index (χ4n) is 3.75. The summed E-state index contributed by atoms with van der Waals surface area (Å²) >= 11 is 1.62. The van der Waals surface area contributed by atoms with Crippen molar-refractivity contribution in [1.82, 2.24) is 10.3 Å². The summed E-state index contributed by atoms with van der Waals surface area (Å²) in [5.41, 5.74) is 3.21. The van der Waals surface area contributed by atoms with E-state index in [1.54, 1.807) is 18.3 Å². The monoisotopic (exact) mass is 384 g/mol. The quantitative estimate of drug-likeness (QED) is 0.693. The van der Waals surface area contributed by atoms with E-state index in [0.29, 0.717) is 18.5 Å². The molecule has 1 aliphatic rings. The molecule has 0 saturated heterocycles. The SMILES string of the molecule is Cc1cc2c(CCNC(=O)CC3CCc4sccc4C3=O)c[nH]c2cc1F. The molecule has 1 atom stereocenters. The van der Waals surface area contributed by atoms with E-state index in [1.165, 1.54) is 6.07 Å². The Morgan fingerprint density at radius 3 is 3.11 bits per heavy atom. The minimum Gasteiger partial charge on any atom is -0.361 e. The van der Waals surface area contributed by atoms with E-state index in [4.69, 9.17) is 0 Å². The van der Waals surface area contributed by atoms with Gasteiger partial charge in [-0.1, -0.05) is 0 Å². The van der Waals surface area contributed by atoms with E-state index >= 15 is 0 Å². The van der Waals surface area contributed by atoms with Crippen LogP contribution in [0.25, 0.3) is 10.9 Å². The highest BCUT2D eigenvalue weighted by Crippen LogP contribution is 2.31. The van der Waals surface area contributed by atoms with Crippen molar-refractivity contribution in [2.45, 2.75) is 32.6 Å². The van der Waals surface area contributed by atoms with Gasteiger partial charge in [-0.25, -0.2) is 4.39 Å². The predicted molar refractivity (Wildman–Crippen MR) is 105 cm³/mol. The number of aryl methyl sites for hydroxylation is 2. The molecule has 4 nitrogen and oxygen atoms in total. The summed E-state index contributed by atoms with van der Waals surface area (Å²) in [4.78, 5) is 29.0. The average Bonchev–Trinajstić information content (AvgIpc) is 3.26. The maximum Gasteiger partial charge on any atom is 0.220 e. The molecule has 1 aromatic carbocycles. The van der Waals surface area contributed by atoms with Crippen molar-refractivity contribution in [2.75, 3.05) is 6.54 Å². The number of aromatic amines is 1. The van der Waals surface area contributed by atoms with Crippen molar-refractivity contribution in [3.8, 4) is 0 Å². The van der Waals surface area contributed by atoms with E-state index < -0.39 is 0 Å². The van der Waals surface area contributed by atoms with Crippen LogP contribution in [0.4, 0.5) is 4.39 Å². The van der Waals surface area contributed by atoms with Crippen LogP contribution < -0.4 is 5.32 Å². The fraction of sp³-hybridized carbons (Fsp3) is 0.333. The average molecular weight is 384 g/mol. The van der Waals surface area contributed by atoms with Gasteiger partial charge in [-0.05, 0) is 60.9 Å². The van der Waals surface area contributed by atoms with E-state index in [0.717, 1.165) is 39.7 Å². The zero-order chi connectivity index (χ0) is 19.0. The molecule has 27 heavy (non-hydrogen) atoms. The molecule has 0 saturated carbocycles. The van der Waals surface area contributed by atoms with Crippen LogP contribution >= 0.6 is 11.3 Å². The highest BCUT2D eigenvalue weighted by molar-refractivity contribution is 7.10. The molecule has 0 spiro atoms. The van der Waals surface area contributed by atoms with Gasteiger partial charge in [-0.3, -0.25) is 9.59 Å². The van der Waals surface area contributed by atoms with Gasteiger partial charge in [0.05, 0.1) is 0 Å². The van der Waals surface area contributed by atoms with Gasteiger partial charge in [0.2, 0.25) is 5.91 Å². The van der Waals surface area contributed by atoms with Gasteiger partial charge in [-0.2, -0.15) is 0 Å². The molecule has 0 bridgehead atoms. The molecule has 2 heterocycles. The number of fused-ring (bicyclic) bond motifs is 2. The number of carbonyl (C=O) groups is 2. The third-order valence-corrected chi connectivity index (χ3v) is 6.28.